The standard InChI is InChI=1S/C23H31NO2/c1-4-12-22(17-23(25)26-5-2)24(18-20-13-8-6-9-14-20)19(3)21-15-10-7-11-16-21/h6-11,13-16,19,22H,4-5,12,17-18H2,1-3H3/t19-,22-/m1/s1. The average Bonchev–Trinajstić information content (AvgIpc) is 2.67. The Balaban J connectivity index is 2.28. The van der Waals surface area contributed by atoms with Crippen LogP contribution in [0.25, 0.3) is 0 Å². The lowest BCUT2D eigenvalue weighted by Gasteiger charge is -2.36. The molecule has 0 saturated carbocycles. The van der Waals surface area contributed by atoms with Gasteiger partial charge in [-0.15, -0.1) is 0 Å². The zero-order valence-corrected chi connectivity index (χ0v) is 16.2. The summed E-state index contributed by atoms with van der Waals surface area (Å²) in [6, 6.07) is 21.4. The molecule has 2 aromatic rings. The molecule has 0 spiro atoms. The van der Waals surface area contributed by atoms with E-state index in [0.717, 1.165) is 19.4 Å². The number of esters is 1. The molecule has 0 aliphatic rings. The lowest BCUT2D eigenvalue weighted by molar-refractivity contribution is -0.145. The highest BCUT2D eigenvalue weighted by molar-refractivity contribution is 5.70. The number of benzene rings is 2. The van der Waals surface area contributed by atoms with E-state index in [1.807, 2.05) is 19.1 Å². The molecule has 2 rings (SSSR count). The van der Waals surface area contributed by atoms with Crippen molar-refractivity contribution in [2.75, 3.05) is 6.61 Å². The average molecular weight is 354 g/mol. The van der Waals surface area contributed by atoms with Crippen LogP contribution < -0.4 is 0 Å². The molecule has 0 N–H and O–H groups in total. The molecule has 3 nitrogen and oxygen atoms in total. The highest BCUT2D eigenvalue weighted by Gasteiger charge is 2.26. The Labute approximate surface area is 158 Å². The van der Waals surface area contributed by atoms with Gasteiger partial charge in [0.15, 0.2) is 0 Å². The normalized spacial score (nSPS) is 13.4. The van der Waals surface area contributed by atoms with Gasteiger partial charge in [-0.05, 0) is 31.4 Å². The molecule has 0 fully saturated rings. The van der Waals surface area contributed by atoms with E-state index in [2.05, 4.69) is 67.3 Å². The van der Waals surface area contributed by atoms with E-state index in [4.69, 9.17) is 4.74 Å². The molecule has 0 aromatic heterocycles. The third-order valence-electron chi connectivity index (χ3n) is 4.79. The van der Waals surface area contributed by atoms with Gasteiger partial charge in [-0.25, -0.2) is 0 Å². The maximum absolute atomic E-state index is 12.2. The van der Waals surface area contributed by atoms with Crippen molar-refractivity contribution in [3.63, 3.8) is 0 Å². The lowest BCUT2D eigenvalue weighted by atomic mass is 9.99. The van der Waals surface area contributed by atoms with E-state index < -0.39 is 0 Å². The Morgan fingerprint density at radius 2 is 1.62 bits per heavy atom. The summed E-state index contributed by atoms with van der Waals surface area (Å²) in [6.07, 6.45) is 2.45. The molecule has 2 atom stereocenters. The topological polar surface area (TPSA) is 29.5 Å². The van der Waals surface area contributed by atoms with Crippen LogP contribution in [-0.2, 0) is 16.1 Å². The fourth-order valence-electron chi connectivity index (χ4n) is 3.43. The molecule has 0 aliphatic carbocycles. The van der Waals surface area contributed by atoms with E-state index >= 15 is 0 Å². The fraction of sp³-hybridized carbons (Fsp3) is 0.435. The number of carbonyl (C=O) groups is 1. The smallest absolute Gasteiger partial charge is 0.307 e. The first-order valence-electron chi connectivity index (χ1n) is 9.65. The molecule has 0 aliphatic heterocycles. The Morgan fingerprint density at radius 3 is 2.19 bits per heavy atom. The summed E-state index contributed by atoms with van der Waals surface area (Å²) in [4.78, 5) is 14.6. The van der Waals surface area contributed by atoms with Crippen LogP contribution in [0, 0.1) is 0 Å². The summed E-state index contributed by atoms with van der Waals surface area (Å²) in [5.74, 6) is -0.107. The molecule has 0 saturated heterocycles. The summed E-state index contributed by atoms with van der Waals surface area (Å²) < 4.78 is 5.24. The molecule has 0 unspecified atom stereocenters. The Bertz CT molecular complexity index is 642. The van der Waals surface area contributed by atoms with Gasteiger partial charge in [0.1, 0.15) is 0 Å². The van der Waals surface area contributed by atoms with Gasteiger partial charge in [-0.1, -0.05) is 74.0 Å². The minimum Gasteiger partial charge on any atom is -0.466 e. The van der Waals surface area contributed by atoms with Crippen molar-refractivity contribution in [2.24, 2.45) is 0 Å². The summed E-state index contributed by atoms with van der Waals surface area (Å²) >= 11 is 0. The van der Waals surface area contributed by atoms with Crippen LogP contribution in [0.2, 0.25) is 0 Å². The number of hydrogen-bond donors (Lipinski definition) is 0. The summed E-state index contributed by atoms with van der Waals surface area (Å²) in [6.45, 7) is 7.52. The van der Waals surface area contributed by atoms with Gasteiger partial charge in [0.2, 0.25) is 0 Å². The van der Waals surface area contributed by atoms with E-state index in [9.17, 15) is 4.79 Å². The van der Waals surface area contributed by atoms with Crippen LogP contribution >= 0.6 is 0 Å². The second-order valence-electron chi connectivity index (χ2n) is 6.70. The fourth-order valence-corrected chi connectivity index (χ4v) is 3.43. The van der Waals surface area contributed by atoms with Gasteiger partial charge >= 0.3 is 5.97 Å². The van der Waals surface area contributed by atoms with Crippen LogP contribution in [-0.4, -0.2) is 23.5 Å². The maximum atomic E-state index is 12.2. The van der Waals surface area contributed by atoms with Crippen LogP contribution in [0.5, 0.6) is 0 Å². The minimum atomic E-state index is -0.107. The first-order chi connectivity index (χ1) is 12.7. The molecule has 0 heterocycles. The van der Waals surface area contributed by atoms with Gasteiger partial charge in [0.25, 0.3) is 0 Å². The van der Waals surface area contributed by atoms with E-state index in [1.54, 1.807) is 0 Å². The molecule has 0 bridgehead atoms. The summed E-state index contributed by atoms with van der Waals surface area (Å²) in [5, 5.41) is 0. The van der Waals surface area contributed by atoms with Crippen molar-refractivity contribution in [2.45, 2.75) is 58.7 Å². The van der Waals surface area contributed by atoms with Crippen molar-refractivity contribution >= 4 is 5.97 Å². The predicted octanol–water partition coefficient (Wildman–Crippen LogP) is 5.37. The molecule has 140 valence electrons. The molecule has 2 aromatic carbocycles. The summed E-state index contributed by atoms with van der Waals surface area (Å²) in [5.41, 5.74) is 2.54. The number of carbonyl (C=O) groups excluding carboxylic acids is 1. The van der Waals surface area contributed by atoms with Crippen LogP contribution in [0.4, 0.5) is 0 Å². The zero-order valence-electron chi connectivity index (χ0n) is 16.2. The van der Waals surface area contributed by atoms with Gasteiger partial charge < -0.3 is 4.74 Å². The van der Waals surface area contributed by atoms with Crippen molar-refractivity contribution in [1.29, 1.82) is 0 Å². The van der Waals surface area contributed by atoms with Gasteiger partial charge in [0.05, 0.1) is 13.0 Å². The molecule has 3 heteroatoms. The van der Waals surface area contributed by atoms with Crippen LogP contribution in [0.1, 0.15) is 57.2 Å². The molecule has 0 amide bonds. The van der Waals surface area contributed by atoms with Gasteiger partial charge in [0, 0.05) is 18.6 Å². The third-order valence-corrected chi connectivity index (χ3v) is 4.79. The largest absolute Gasteiger partial charge is 0.466 e. The molecule has 0 radical (unpaired) electrons. The number of nitrogens with zero attached hydrogens (tertiary/aromatic N) is 1. The number of rotatable bonds is 10. The maximum Gasteiger partial charge on any atom is 0.307 e. The Hall–Kier alpha value is -2.13. The first-order valence-corrected chi connectivity index (χ1v) is 9.65. The van der Waals surface area contributed by atoms with Crippen molar-refractivity contribution in [3.8, 4) is 0 Å². The second kappa shape index (κ2) is 10.8. The highest BCUT2D eigenvalue weighted by Crippen LogP contribution is 2.28. The summed E-state index contributed by atoms with van der Waals surface area (Å²) in [7, 11) is 0. The zero-order chi connectivity index (χ0) is 18.8. The first kappa shape index (κ1) is 20.2. The van der Waals surface area contributed by atoms with Crippen LogP contribution in [0.3, 0.4) is 0 Å². The highest BCUT2D eigenvalue weighted by atomic mass is 16.5. The Kier molecular flexibility index (Phi) is 8.36. The molecular formula is C23H31NO2. The minimum absolute atomic E-state index is 0.107. The monoisotopic (exact) mass is 353 g/mol. The SMILES string of the molecule is CCC[C@H](CC(=O)OCC)N(Cc1ccccc1)[C@H](C)c1ccccc1. The quantitative estimate of drug-likeness (QED) is 0.538. The van der Waals surface area contributed by atoms with E-state index in [1.165, 1.54) is 11.1 Å². The predicted molar refractivity (Wildman–Crippen MR) is 107 cm³/mol. The van der Waals surface area contributed by atoms with Gasteiger partial charge in [-0.3, -0.25) is 9.69 Å². The number of ether oxygens (including phenoxy) is 1. The number of hydrogen-bond acceptors (Lipinski definition) is 3. The second-order valence-corrected chi connectivity index (χ2v) is 6.70. The van der Waals surface area contributed by atoms with Crippen LogP contribution in [0.15, 0.2) is 60.7 Å². The molecular weight excluding hydrogens is 322 g/mol. The van der Waals surface area contributed by atoms with Crippen molar-refractivity contribution in [3.05, 3.63) is 71.8 Å². The lowest BCUT2D eigenvalue weighted by Crippen LogP contribution is -2.38. The van der Waals surface area contributed by atoms with E-state index in [0.29, 0.717) is 13.0 Å². The Morgan fingerprint density at radius 1 is 1.00 bits per heavy atom. The third kappa shape index (κ3) is 5.99. The van der Waals surface area contributed by atoms with Crippen molar-refractivity contribution in [1.82, 2.24) is 4.90 Å². The van der Waals surface area contributed by atoms with E-state index in [-0.39, 0.29) is 18.1 Å². The van der Waals surface area contributed by atoms with Gasteiger partial charge in [-0.2, -0.15) is 0 Å². The van der Waals surface area contributed by atoms with Crippen molar-refractivity contribution < 1.29 is 9.53 Å². The molecule has 26 heavy (non-hydrogen) atoms.